The van der Waals surface area contributed by atoms with E-state index >= 15 is 0 Å². The minimum Gasteiger partial charge on any atom is -0.314 e. The summed E-state index contributed by atoms with van der Waals surface area (Å²) < 4.78 is 0. The standard InChI is InChI=1S/C26H40N2/c1-19(2)27-17-21(5)25(23-13-9-7-10-14-23)26(22(6)18-28-20(3)4)24-15-11-8-12-16-24/h7-16,19-22,25-28H,17-18H2,1-6H3/t21-,22-,25+,26+/m0/s1. The Kier molecular flexibility index (Phi) is 9.21. The summed E-state index contributed by atoms with van der Waals surface area (Å²) in [6.07, 6.45) is 0. The molecular weight excluding hydrogens is 340 g/mol. The Balaban J connectivity index is 2.41. The number of hydrogen-bond acceptors (Lipinski definition) is 2. The van der Waals surface area contributed by atoms with E-state index in [0.29, 0.717) is 35.8 Å². The Morgan fingerprint density at radius 3 is 1.14 bits per heavy atom. The van der Waals surface area contributed by atoms with Crippen LogP contribution in [0.4, 0.5) is 0 Å². The minimum absolute atomic E-state index is 0.471. The highest BCUT2D eigenvalue weighted by Crippen LogP contribution is 2.43. The first kappa shape index (κ1) is 22.6. The topological polar surface area (TPSA) is 24.1 Å². The van der Waals surface area contributed by atoms with Crippen molar-refractivity contribution in [3.8, 4) is 0 Å². The molecule has 4 atom stereocenters. The van der Waals surface area contributed by atoms with Crippen LogP contribution in [0.25, 0.3) is 0 Å². The molecular formula is C26H40N2. The van der Waals surface area contributed by atoms with Gasteiger partial charge in [0.05, 0.1) is 0 Å². The van der Waals surface area contributed by atoms with Crippen LogP contribution in [-0.4, -0.2) is 25.2 Å². The summed E-state index contributed by atoms with van der Waals surface area (Å²) in [4.78, 5) is 0. The van der Waals surface area contributed by atoms with Crippen LogP contribution in [0, 0.1) is 11.8 Å². The zero-order valence-corrected chi connectivity index (χ0v) is 18.7. The van der Waals surface area contributed by atoms with Crippen LogP contribution < -0.4 is 10.6 Å². The van der Waals surface area contributed by atoms with Crippen LogP contribution in [-0.2, 0) is 0 Å². The molecule has 2 heteroatoms. The molecule has 0 heterocycles. The monoisotopic (exact) mass is 380 g/mol. The lowest BCUT2D eigenvalue weighted by Crippen LogP contribution is -2.37. The first-order valence-corrected chi connectivity index (χ1v) is 11.0. The molecule has 2 aromatic rings. The highest BCUT2D eigenvalue weighted by molar-refractivity contribution is 5.30. The molecule has 0 saturated heterocycles. The molecule has 2 N–H and O–H groups in total. The van der Waals surface area contributed by atoms with Gasteiger partial charge in [0, 0.05) is 12.1 Å². The van der Waals surface area contributed by atoms with Crippen molar-refractivity contribution < 1.29 is 0 Å². The summed E-state index contributed by atoms with van der Waals surface area (Å²) in [6.45, 7) is 15.8. The molecule has 0 radical (unpaired) electrons. The Hall–Kier alpha value is -1.64. The van der Waals surface area contributed by atoms with Gasteiger partial charge >= 0.3 is 0 Å². The van der Waals surface area contributed by atoms with Crippen molar-refractivity contribution in [2.75, 3.05) is 13.1 Å². The molecule has 28 heavy (non-hydrogen) atoms. The van der Waals surface area contributed by atoms with E-state index in [0.717, 1.165) is 13.1 Å². The van der Waals surface area contributed by atoms with E-state index in [9.17, 15) is 0 Å². The highest BCUT2D eigenvalue weighted by Gasteiger charge is 2.33. The number of rotatable bonds is 11. The summed E-state index contributed by atoms with van der Waals surface area (Å²) >= 11 is 0. The lowest BCUT2D eigenvalue weighted by Gasteiger charge is -2.37. The Morgan fingerprint density at radius 2 is 0.857 bits per heavy atom. The average molecular weight is 381 g/mol. The molecule has 0 saturated carbocycles. The number of hydrogen-bond donors (Lipinski definition) is 2. The van der Waals surface area contributed by atoms with Gasteiger partial charge in [-0.15, -0.1) is 0 Å². The van der Waals surface area contributed by atoms with Gasteiger partial charge in [-0.1, -0.05) is 102 Å². The van der Waals surface area contributed by atoms with E-state index in [1.807, 2.05) is 0 Å². The molecule has 0 spiro atoms. The fourth-order valence-corrected chi connectivity index (χ4v) is 4.23. The van der Waals surface area contributed by atoms with Gasteiger partial charge in [0.25, 0.3) is 0 Å². The zero-order valence-electron chi connectivity index (χ0n) is 18.7. The van der Waals surface area contributed by atoms with Gasteiger partial charge in [0.1, 0.15) is 0 Å². The second-order valence-electron chi connectivity index (χ2n) is 8.95. The van der Waals surface area contributed by atoms with Gasteiger partial charge in [0.15, 0.2) is 0 Å². The van der Waals surface area contributed by atoms with E-state index in [-0.39, 0.29) is 0 Å². The molecule has 2 nitrogen and oxygen atoms in total. The van der Waals surface area contributed by atoms with Gasteiger partial charge in [-0.25, -0.2) is 0 Å². The van der Waals surface area contributed by atoms with E-state index in [1.54, 1.807) is 0 Å². The molecule has 0 aliphatic carbocycles. The fourth-order valence-electron chi connectivity index (χ4n) is 4.23. The van der Waals surface area contributed by atoms with Gasteiger partial charge in [-0.2, -0.15) is 0 Å². The van der Waals surface area contributed by atoms with Crippen molar-refractivity contribution in [2.45, 2.75) is 65.5 Å². The molecule has 0 amide bonds. The van der Waals surface area contributed by atoms with Crippen LogP contribution >= 0.6 is 0 Å². The molecule has 0 bridgehead atoms. The maximum Gasteiger partial charge on any atom is 0.00104 e. The molecule has 0 fully saturated rings. The maximum atomic E-state index is 3.68. The Labute approximate surface area is 173 Å². The third-order valence-electron chi connectivity index (χ3n) is 5.68. The Morgan fingerprint density at radius 1 is 0.536 bits per heavy atom. The van der Waals surface area contributed by atoms with E-state index < -0.39 is 0 Å². The van der Waals surface area contributed by atoms with Crippen LogP contribution in [0.5, 0.6) is 0 Å². The van der Waals surface area contributed by atoms with Gasteiger partial charge in [0.2, 0.25) is 0 Å². The first-order valence-electron chi connectivity index (χ1n) is 11.0. The quantitative estimate of drug-likeness (QED) is 0.513. The van der Waals surface area contributed by atoms with Gasteiger partial charge in [-0.3, -0.25) is 0 Å². The normalized spacial score (nSPS) is 16.1. The summed E-state index contributed by atoms with van der Waals surface area (Å²) in [5, 5.41) is 7.35. The van der Waals surface area contributed by atoms with Crippen LogP contribution in [0.3, 0.4) is 0 Å². The van der Waals surface area contributed by atoms with Crippen molar-refractivity contribution in [3.05, 3.63) is 71.8 Å². The largest absolute Gasteiger partial charge is 0.314 e. The molecule has 0 aliphatic heterocycles. The SMILES string of the molecule is CC(C)NC[C@H](C)[C@H](c1ccccc1)[C@@H](c1ccccc1)[C@@H](C)CNC(C)C. The Bertz CT molecular complexity index is 591. The van der Waals surface area contributed by atoms with Crippen molar-refractivity contribution in [1.82, 2.24) is 10.6 Å². The molecule has 0 aliphatic rings. The van der Waals surface area contributed by atoms with Crippen molar-refractivity contribution >= 4 is 0 Å². The van der Waals surface area contributed by atoms with Gasteiger partial charge < -0.3 is 10.6 Å². The number of benzene rings is 2. The van der Waals surface area contributed by atoms with Crippen molar-refractivity contribution in [1.29, 1.82) is 0 Å². The van der Waals surface area contributed by atoms with E-state index in [1.165, 1.54) is 11.1 Å². The smallest absolute Gasteiger partial charge is 0.00104 e. The highest BCUT2D eigenvalue weighted by atomic mass is 14.9. The lowest BCUT2D eigenvalue weighted by molar-refractivity contribution is 0.294. The summed E-state index contributed by atoms with van der Waals surface area (Å²) in [5.74, 6) is 2.02. The molecule has 0 aromatic heterocycles. The second kappa shape index (κ2) is 11.4. The maximum absolute atomic E-state index is 3.68. The summed E-state index contributed by atoms with van der Waals surface area (Å²) in [7, 11) is 0. The van der Waals surface area contributed by atoms with Crippen LogP contribution in [0.2, 0.25) is 0 Å². The third kappa shape index (κ3) is 6.76. The average Bonchev–Trinajstić information content (AvgIpc) is 2.69. The molecule has 0 unspecified atom stereocenters. The predicted octanol–water partition coefficient (Wildman–Crippen LogP) is 5.82. The number of nitrogens with one attached hydrogen (secondary N) is 2. The zero-order chi connectivity index (χ0) is 20.5. The molecule has 154 valence electrons. The lowest BCUT2D eigenvalue weighted by atomic mass is 9.69. The van der Waals surface area contributed by atoms with Crippen molar-refractivity contribution in [3.63, 3.8) is 0 Å². The van der Waals surface area contributed by atoms with Gasteiger partial charge in [-0.05, 0) is 47.9 Å². The summed E-state index contributed by atoms with van der Waals surface area (Å²) in [5.41, 5.74) is 2.90. The molecule has 2 rings (SSSR count). The minimum atomic E-state index is 0.471. The van der Waals surface area contributed by atoms with E-state index in [4.69, 9.17) is 0 Å². The third-order valence-corrected chi connectivity index (χ3v) is 5.68. The molecule has 2 aromatic carbocycles. The van der Waals surface area contributed by atoms with Crippen LogP contribution in [0.1, 0.15) is 64.5 Å². The van der Waals surface area contributed by atoms with Crippen LogP contribution in [0.15, 0.2) is 60.7 Å². The fraction of sp³-hybridized carbons (Fsp3) is 0.538. The van der Waals surface area contributed by atoms with Crippen molar-refractivity contribution in [2.24, 2.45) is 11.8 Å². The predicted molar refractivity (Wildman–Crippen MR) is 123 cm³/mol. The van der Waals surface area contributed by atoms with E-state index in [2.05, 4.69) is 113 Å². The summed E-state index contributed by atoms with van der Waals surface area (Å²) in [6, 6.07) is 23.3. The second-order valence-corrected chi connectivity index (χ2v) is 8.95. The first-order chi connectivity index (χ1) is 13.4.